The summed E-state index contributed by atoms with van der Waals surface area (Å²) in [7, 11) is 0. The minimum absolute atomic E-state index is 0.138. The van der Waals surface area contributed by atoms with Gasteiger partial charge in [0.15, 0.2) is 0 Å². The highest BCUT2D eigenvalue weighted by Crippen LogP contribution is 2.57. The van der Waals surface area contributed by atoms with E-state index in [1.54, 1.807) is 41.6 Å². The summed E-state index contributed by atoms with van der Waals surface area (Å²) in [5.74, 6) is 0.0693. The molecule has 0 N–H and O–H groups in total. The molecule has 2 unspecified atom stereocenters. The summed E-state index contributed by atoms with van der Waals surface area (Å²) >= 11 is 6.36. The monoisotopic (exact) mass is 380 g/mol. The molecular formula is C17H12ClF3N4O. The molecule has 1 saturated carbocycles. The molecular weight excluding hydrogens is 369 g/mol. The Morgan fingerprint density at radius 3 is 2.54 bits per heavy atom. The van der Waals surface area contributed by atoms with E-state index in [0.29, 0.717) is 5.02 Å². The van der Waals surface area contributed by atoms with Crippen molar-refractivity contribution in [3.05, 3.63) is 65.2 Å². The summed E-state index contributed by atoms with van der Waals surface area (Å²) in [6.07, 6.45) is 2.66. The predicted octanol–water partition coefficient (Wildman–Crippen LogP) is 4.49. The molecule has 0 amide bonds. The Bertz CT molecular complexity index is 913. The van der Waals surface area contributed by atoms with Crippen LogP contribution in [0, 0.1) is 0 Å². The topological polar surface area (TPSA) is 52.8 Å². The van der Waals surface area contributed by atoms with Crippen LogP contribution in [-0.4, -0.2) is 26.3 Å². The second kappa shape index (κ2) is 6.28. The first-order valence-corrected chi connectivity index (χ1v) is 8.16. The predicted molar refractivity (Wildman–Crippen MR) is 87.4 cm³/mol. The summed E-state index contributed by atoms with van der Waals surface area (Å²) in [5, 5.41) is 8.32. The summed E-state index contributed by atoms with van der Waals surface area (Å²) in [4.78, 5) is 4.11. The lowest BCUT2D eigenvalue weighted by Crippen LogP contribution is -2.17. The number of hydrogen-bond acceptors (Lipinski definition) is 4. The van der Waals surface area contributed by atoms with Gasteiger partial charge in [0.05, 0.1) is 29.3 Å². The molecule has 9 heteroatoms. The van der Waals surface area contributed by atoms with Crippen LogP contribution in [0.5, 0.6) is 5.75 Å². The molecule has 1 aromatic carbocycles. The summed E-state index contributed by atoms with van der Waals surface area (Å²) < 4.78 is 42.3. The SMILES string of the molecule is FC(F)(F)Oc1ccc(C2CC2c2c(Cl)cncc2-n2ccnn2)cc1. The molecule has 5 nitrogen and oxygen atoms in total. The Labute approximate surface area is 151 Å². The Balaban J connectivity index is 1.58. The normalized spacial score (nSPS) is 19.4. The van der Waals surface area contributed by atoms with Crippen LogP contribution >= 0.6 is 11.6 Å². The lowest BCUT2D eigenvalue weighted by Gasteiger charge is -2.11. The molecule has 3 aromatic rings. The Hall–Kier alpha value is -2.61. The van der Waals surface area contributed by atoms with Crippen LogP contribution in [0.2, 0.25) is 5.02 Å². The zero-order chi connectivity index (χ0) is 18.3. The molecule has 0 radical (unpaired) electrons. The fourth-order valence-electron chi connectivity index (χ4n) is 3.12. The molecule has 0 spiro atoms. The van der Waals surface area contributed by atoms with E-state index in [1.807, 2.05) is 0 Å². The average molecular weight is 381 g/mol. The Kier molecular flexibility index (Phi) is 4.07. The van der Waals surface area contributed by atoms with Crippen molar-refractivity contribution in [3.8, 4) is 11.4 Å². The number of pyridine rings is 1. The van der Waals surface area contributed by atoms with Crippen LogP contribution in [-0.2, 0) is 0 Å². The lowest BCUT2D eigenvalue weighted by atomic mass is 10.0. The molecule has 134 valence electrons. The zero-order valence-corrected chi connectivity index (χ0v) is 13.9. The maximum Gasteiger partial charge on any atom is 0.573 e. The third kappa shape index (κ3) is 3.37. The summed E-state index contributed by atoms with van der Waals surface area (Å²) in [5.41, 5.74) is 2.59. The van der Waals surface area contributed by atoms with Gasteiger partial charge in [0.2, 0.25) is 0 Å². The van der Waals surface area contributed by atoms with Gasteiger partial charge < -0.3 is 4.74 Å². The van der Waals surface area contributed by atoms with Crippen LogP contribution in [0.25, 0.3) is 5.69 Å². The maximum absolute atomic E-state index is 12.3. The molecule has 4 rings (SSSR count). The van der Waals surface area contributed by atoms with Crippen LogP contribution in [0.1, 0.15) is 29.4 Å². The van der Waals surface area contributed by atoms with E-state index in [4.69, 9.17) is 11.6 Å². The van der Waals surface area contributed by atoms with Gasteiger partial charge in [-0.3, -0.25) is 4.98 Å². The zero-order valence-electron chi connectivity index (χ0n) is 13.2. The number of halogens is 4. The van der Waals surface area contributed by atoms with Crippen molar-refractivity contribution in [2.45, 2.75) is 24.6 Å². The van der Waals surface area contributed by atoms with E-state index in [0.717, 1.165) is 23.2 Å². The highest BCUT2D eigenvalue weighted by Gasteiger charge is 2.42. The largest absolute Gasteiger partial charge is 0.573 e. The van der Waals surface area contributed by atoms with Crippen molar-refractivity contribution in [2.24, 2.45) is 0 Å². The quantitative estimate of drug-likeness (QED) is 0.669. The second-order valence-corrected chi connectivity index (χ2v) is 6.37. The van der Waals surface area contributed by atoms with E-state index >= 15 is 0 Å². The number of benzene rings is 1. The fourth-order valence-corrected chi connectivity index (χ4v) is 3.41. The Morgan fingerprint density at radius 2 is 1.88 bits per heavy atom. The van der Waals surface area contributed by atoms with Gasteiger partial charge >= 0.3 is 6.36 Å². The number of nitrogens with zero attached hydrogens (tertiary/aromatic N) is 4. The third-order valence-electron chi connectivity index (χ3n) is 4.29. The first kappa shape index (κ1) is 16.8. The van der Waals surface area contributed by atoms with Gasteiger partial charge in [0.1, 0.15) is 5.75 Å². The molecule has 26 heavy (non-hydrogen) atoms. The van der Waals surface area contributed by atoms with Gasteiger partial charge in [-0.05, 0) is 36.0 Å². The van der Waals surface area contributed by atoms with Crippen LogP contribution in [0.4, 0.5) is 13.2 Å². The van der Waals surface area contributed by atoms with Crippen molar-refractivity contribution in [2.75, 3.05) is 0 Å². The van der Waals surface area contributed by atoms with Crippen molar-refractivity contribution in [3.63, 3.8) is 0 Å². The average Bonchev–Trinajstić information content (AvgIpc) is 3.16. The van der Waals surface area contributed by atoms with Crippen LogP contribution in [0.15, 0.2) is 49.1 Å². The number of rotatable bonds is 4. The highest BCUT2D eigenvalue weighted by atomic mass is 35.5. The van der Waals surface area contributed by atoms with E-state index in [1.165, 1.54) is 12.1 Å². The fraction of sp³-hybridized carbons (Fsp3) is 0.235. The van der Waals surface area contributed by atoms with Gasteiger partial charge in [-0.1, -0.05) is 28.9 Å². The molecule has 1 fully saturated rings. The summed E-state index contributed by atoms with van der Waals surface area (Å²) in [6.45, 7) is 0. The van der Waals surface area contributed by atoms with Crippen molar-refractivity contribution in [1.29, 1.82) is 0 Å². The molecule has 2 heterocycles. The maximum atomic E-state index is 12.3. The smallest absolute Gasteiger partial charge is 0.406 e. The molecule has 1 aliphatic rings. The van der Waals surface area contributed by atoms with E-state index in [-0.39, 0.29) is 17.6 Å². The van der Waals surface area contributed by atoms with Crippen molar-refractivity contribution in [1.82, 2.24) is 20.0 Å². The number of alkyl halides is 3. The Morgan fingerprint density at radius 1 is 1.12 bits per heavy atom. The molecule has 0 aliphatic heterocycles. The molecule has 2 atom stereocenters. The molecule has 2 aromatic heterocycles. The van der Waals surface area contributed by atoms with Gasteiger partial charge in [0.25, 0.3) is 0 Å². The van der Waals surface area contributed by atoms with E-state index in [2.05, 4.69) is 20.0 Å². The number of hydrogen-bond donors (Lipinski definition) is 0. The highest BCUT2D eigenvalue weighted by molar-refractivity contribution is 6.31. The summed E-state index contributed by atoms with van der Waals surface area (Å²) in [6, 6.07) is 5.95. The van der Waals surface area contributed by atoms with Crippen LogP contribution < -0.4 is 4.74 Å². The first-order valence-electron chi connectivity index (χ1n) is 7.78. The van der Waals surface area contributed by atoms with Gasteiger partial charge in [-0.15, -0.1) is 18.3 Å². The van der Waals surface area contributed by atoms with Crippen molar-refractivity contribution < 1.29 is 17.9 Å². The molecule has 0 bridgehead atoms. The van der Waals surface area contributed by atoms with Crippen LogP contribution in [0.3, 0.4) is 0 Å². The number of aromatic nitrogens is 4. The van der Waals surface area contributed by atoms with E-state index < -0.39 is 6.36 Å². The number of ether oxygens (including phenoxy) is 1. The third-order valence-corrected chi connectivity index (χ3v) is 4.59. The van der Waals surface area contributed by atoms with Crippen molar-refractivity contribution >= 4 is 11.6 Å². The minimum atomic E-state index is -4.69. The van der Waals surface area contributed by atoms with Gasteiger partial charge in [-0.25, -0.2) is 4.68 Å². The molecule has 1 aliphatic carbocycles. The van der Waals surface area contributed by atoms with E-state index in [9.17, 15) is 13.2 Å². The lowest BCUT2D eigenvalue weighted by molar-refractivity contribution is -0.274. The minimum Gasteiger partial charge on any atom is -0.406 e. The molecule has 0 saturated heterocycles. The van der Waals surface area contributed by atoms with Gasteiger partial charge in [-0.2, -0.15) is 0 Å². The standard InChI is InChI=1S/C17H12ClF3N4O/c18-14-8-22-9-15(25-6-5-23-24-25)16(14)13-7-12(13)10-1-3-11(4-2-10)26-17(19,20)21/h1-6,8-9,12-13H,7H2. The first-order chi connectivity index (χ1) is 12.4. The second-order valence-electron chi connectivity index (χ2n) is 5.97. The van der Waals surface area contributed by atoms with Gasteiger partial charge in [0, 0.05) is 11.8 Å².